The van der Waals surface area contributed by atoms with E-state index in [1.807, 2.05) is 84.9 Å². The van der Waals surface area contributed by atoms with Gasteiger partial charge in [0.2, 0.25) is 0 Å². The van der Waals surface area contributed by atoms with Crippen LogP contribution in [0.5, 0.6) is 0 Å². The van der Waals surface area contributed by atoms with Gasteiger partial charge in [0.05, 0.1) is 113 Å². The first kappa shape index (κ1) is 62.8. The number of nitrogens with zero attached hydrogens (tertiary/aromatic N) is 10. The predicted octanol–water partition coefficient (Wildman–Crippen LogP) is 26.1. The summed E-state index contributed by atoms with van der Waals surface area (Å²) >= 11 is 0. The second-order valence-electron chi connectivity index (χ2n) is 27.8. The van der Waals surface area contributed by atoms with Crippen LogP contribution in [0.25, 0.3) is 197 Å². The molecule has 0 aliphatic heterocycles. The number of hydrogen-bond acceptors (Lipinski definition) is 2. The molecular weight excluding hydrogens is 1340 g/mol. The summed E-state index contributed by atoms with van der Waals surface area (Å²) in [6, 6.07) is 127. The van der Waals surface area contributed by atoms with Crippen molar-refractivity contribution in [3.63, 3.8) is 0 Å². The molecule has 0 fully saturated rings. The minimum absolute atomic E-state index is 0.559. The number of benzene rings is 16. The van der Waals surface area contributed by atoms with Gasteiger partial charge in [-0.15, -0.1) is 0 Å². The fourth-order valence-corrected chi connectivity index (χ4v) is 17.7. The summed E-state index contributed by atoms with van der Waals surface area (Å²) in [6.45, 7) is 15.4. The highest BCUT2D eigenvalue weighted by Gasteiger charge is 2.27. The van der Waals surface area contributed by atoms with E-state index in [9.17, 15) is 10.5 Å². The quantitative estimate of drug-likeness (QED) is 0.142. The van der Waals surface area contributed by atoms with Crippen molar-refractivity contribution >= 4 is 142 Å². The molecule has 6 heterocycles. The fraction of sp³-hybridized carbons (Fsp3) is 0. The average Bonchev–Trinajstić information content (AvgIpc) is 1.56. The van der Waals surface area contributed by atoms with Gasteiger partial charge in [-0.25, -0.2) is 9.69 Å². The monoisotopic (exact) mass is 1400 g/mol. The van der Waals surface area contributed by atoms with Gasteiger partial charge in [0.25, 0.3) is 0 Å². The molecule has 0 spiro atoms. The molecule has 0 amide bonds. The van der Waals surface area contributed by atoms with Crippen molar-refractivity contribution in [3.8, 4) is 68.5 Å². The first-order valence-electron chi connectivity index (χ1n) is 36.6. The number of hydrogen-bond donors (Lipinski definition) is 0. The van der Waals surface area contributed by atoms with Crippen LogP contribution in [0.1, 0.15) is 11.1 Å². The van der Waals surface area contributed by atoms with E-state index in [0.717, 1.165) is 166 Å². The van der Waals surface area contributed by atoms with E-state index in [0.29, 0.717) is 22.5 Å². The number of rotatable bonds is 8. The van der Waals surface area contributed by atoms with E-state index in [4.69, 9.17) is 13.1 Å². The zero-order chi connectivity index (χ0) is 73.2. The van der Waals surface area contributed by atoms with Gasteiger partial charge in [-0.2, -0.15) is 10.5 Å². The lowest BCUT2D eigenvalue weighted by Crippen LogP contribution is -2.02. The van der Waals surface area contributed by atoms with E-state index >= 15 is 0 Å². The molecule has 0 N–H and O–H groups in total. The molecule has 508 valence electrons. The van der Waals surface area contributed by atoms with Crippen LogP contribution in [0, 0.1) is 35.8 Å². The van der Waals surface area contributed by atoms with Gasteiger partial charge in [0, 0.05) is 87.1 Å². The molecule has 0 radical (unpaired) electrons. The smallest absolute Gasteiger partial charge is 0.189 e. The molecule has 16 aromatic carbocycles. The van der Waals surface area contributed by atoms with Crippen molar-refractivity contribution in [2.75, 3.05) is 0 Å². The molecule has 10 nitrogen and oxygen atoms in total. The van der Waals surface area contributed by atoms with Crippen molar-refractivity contribution in [2.45, 2.75) is 0 Å². The molecule has 0 saturated carbocycles. The van der Waals surface area contributed by atoms with Gasteiger partial charge in [0.1, 0.15) is 12.1 Å². The molecular formula is C100H58N10. The molecule has 0 bridgehead atoms. The molecule has 110 heavy (non-hydrogen) atoms. The van der Waals surface area contributed by atoms with Gasteiger partial charge in [-0.05, 0) is 132 Å². The summed E-state index contributed by atoms with van der Waals surface area (Å²) in [6.07, 6.45) is 0. The van der Waals surface area contributed by atoms with Crippen LogP contribution < -0.4 is 0 Å². The maximum Gasteiger partial charge on any atom is 0.189 e. The SMILES string of the molecule is [C-]#[N+]c1ccc2c(c1)c1ccccc1n2-c1cccc(-c2cccc(C#N)c2-n2c3ccccc3c3c(-n4c5ccccc5c5ccccc54)cccc32)c1.[C-]#[N+]c1ccc2c3ccccc3n(-c3cccc(-c4ccccc4-n4c5ccccc5c5c(-n6c7ccccc7c7ccccc76)cccc54)c3C#N)c2c1. The van der Waals surface area contributed by atoms with Crippen molar-refractivity contribution in [1.82, 2.24) is 27.4 Å². The molecule has 6 aromatic heterocycles. The molecule has 0 aliphatic rings. The van der Waals surface area contributed by atoms with E-state index in [2.05, 4.69) is 316 Å². The van der Waals surface area contributed by atoms with Crippen LogP contribution in [-0.4, -0.2) is 27.4 Å². The number of nitriles is 2. The summed E-state index contributed by atoms with van der Waals surface area (Å²) in [5, 5.41) is 35.5. The van der Waals surface area contributed by atoms with Crippen molar-refractivity contribution in [3.05, 3.63) is 386 Å². The Morgan fingerprint density at radius 1 is 0.236 bits per heavy atom. The van der Waals surface area contributed by atoms with Crippen molar-refractivity contribution < 1.29 is 0 Å². The minimum Gasteiger partial charge on any atom is -0.309 e. The highest BCUT2D eigenvalue weighted by atomic mass is 15.0. The van der Waals surface area contributed by atoms with E-state index in [-0.39, 0.29) is 0 Å². The first-order valence-corrected chi connectivity index (χ1v) is 36.6. The number of fused-ring (bicyclic) bond motifs is 18. The lowest BCUT2D eigenvalue weighted by molar-refractivity contribution is 1.16. The minimum atomic E-state index is 0.559. The Labute approximate surface area is 630 Å². The third-order valence-corrected chi connectivity index (χ3v) is 22.2. The van der Waals surface area contributed by atoms with Crippen molar-refractivity contribution in [1.29, 1.82) is 10.5 Å². The van der Waals surface area contributed by atoms with Gasteiger partial charge in [-0.1, -0.05) is 231 Å². The predicted molar refractivity (Wildman–Crippen MR) is 452 cm³/mol. The van der Waals surface area contributed by atoms with Gasteiger partial charge in [0.15, 0.2) is 11.4 Å². The Hall–Kier alpha value is -15.7. The van der Waals surface area contributed by atoms with Crippen LogP contribution in [0.15, 0.2) is 352 Å². The molecule has 0 aliphatic carbocycles. The van der Waals surface area contributed by atoms with E-state index in [1.54, 1.807) is 0 Å². The normalized spacial score (nSPS) is 11.6. The average molecular weight is 1400 g/mol. The topological polar surface area (TPSA) is 85.9 Å². The summed E-state index contributed by atoms with van der Waals surface area (Å²) in [7, 11) is 0. The van der Waals surface area contributed by atoms with Crippen LogP contribution in [-0.2, 0) is 0 Å². The van der Waals surface area contributed by atoms with Gasteiger partial charge in [-0.3, -0.25) is 0 Å². The molecule has 0 atom stereocenters. The molecule has 22 aromatic rings. The van der Waals surface area contributed by atoms with Gasteiger partial charge >= 0.3 is 0 Å². The van der Waals surface area contributed by atoms with Crippen LogP contribution in [0.2, 0.25) is 0 Å². The second kappa shape index (κ2) is 25.0. The molecule has 0 unspecified atom stereocenters. The molecule has 10 heteroatoms. The fourth-order valence-electron chi connectivity index (χ4n) is 17.7. The third kappa shape index (κ3) is 9.32. The zero-order valence-electron chi connectivity index (χ0n) is 59.0. The highest BCUT2D eigenvalue weighted by Crippen LogP contribution is 2.47. The first-order chi connectivity index (χ1) is 54.5. The third-order valence-electron chi connectivity index (χ3n) is 22.2. The Kier molecular flexibility index (Phi) is 14.3. The summed E-state index contributed by atoms with van der Waals surface area (Å²) in [5.41, 5.74) is 24.8. The zero-order valence-corrected chi connectivity index (χ0v) is 59.0. The maximum atomic E-state index is 11.1. The van der Waals surface area contributed by atoms with Crippen LogP contribution >= 0.6 is 0 Å². The lowest BCUT2D eigenvalue weighted by atomic mass is 9.96. The van der Waals surface area contributed by atoms with E-state index < -0.39 is 0 Å². The lowest BCUT2D eigenvalue weighted by Gasteiger charge is -2.18. The summed E-state index contributed by atoms with van der Waals surface area (Å²) in [4.78, 5) is 7.46. The molecule has 0 saturated heterocycles. The Morgan fingerprint density at radius 3 is 1.15 bits per heavy atom. The maximum absolute atomic E-state index is 11.1. The summed E-state index contributed by atoms with van der Waals surface area (Å²) in [5.74, 6) is 0. The highest BCUT2D eigenvalue weighted by molar-refractivity contribution is 6.20. The Morgan fingerprint density at radius 2 is 0.600 bits per heavy atom. The van der Waals surface area contributed by atoms with Gasteiger partial charge < -0.3 is 27.4 Å². The van der Waals surface area contributed by atoms with E-state index in [1.165, 1.54) is 21.5 Å². The Bertz CT molecular complexity index is 7760. The standard InChI is InChI=1S/2C50H29N5/c1-52-32-28-29-38-37-17-5-10-23-44(37)55(49(38)30-32)46-25-12-19-33(40(46)31-51)34-14-2-7-20-41(34)54-45-24-11-6-18-39(45)50-47(26-13-27-48(50)54)53-42-21-8-3-15-35(42)36-16-4-9-22-43(36)53;1-52-34-27-28-46-41(30-34)39-18-4-6-21-42(39)53(46)35-15-10-13-32(29-35)36-20-11-14-33(31-51)50(36)55-45-24-9-5-19-40(45)49-47(25-12-26-48(49)55)54-43-22-7-2-16-37(43)38-17-3-8-23-44(38)54/h2*2-30H. The second-order valence-corrected chi connectivity index (χ2v) is 27.8. The Balaban J connectivity index is 0.000000140. The van der Waals surface area contributed by atoms with Crippen LogP contribution in [0.4, 0.5) is 11.4 Å². The number of aromatic nitrogens is 6. The largest absolute Gasteiger partial charge is 0.309 e. The number of para-hydroxylation sites is 10. The van der Waals surface area contributed by atoms with Crippen molar-refractivity contribution in [2.24, 2.45) is 0 Å². The summed E-state index contributed by atoms with van der Waals surface area (Å²) < 4.78 is 13.8. The molecule has 22 rings (SSSR count). The van der Waals surface area contributed by atoms with Crippen LogP contribution in [0.3, 0.4) is 0 Å².